The van der Waals surface area contributed by atoms with Crippen molar-refractivity contribution in [1.82, 2.24) is 0 Å². The van der Waals surface area contributed by atoms with E-state index in [2.05, 4.69) is 5.73 Å². The van der Waals surface area contributed by atoms with Crippen LogP contribution in [0.25, 0.3) is 0 Å². The van der Waals surface area contributed by atoms with Crippen molar-refractivity contribution in [1.29, 1.82) is 0 Å². The Hall–Kier alpha value is -0.620. The summed E-state index contributed by atoms with van der Waals surface area (Å²) in [5, 5.41) is 15.2. The van der Waals surface area contributed by atoms with Crippen molar-refractivity contribution in [3.63, 3.8) is 0 Å². The molecular formula is C4H11NO4S. The van der Waals surface area contributed by atoms with E-state index in [1.54, 1.807) is 6.26 Å². The van der Waals surface area contributed by atoms with Gasteiger partial charge in [-0.1, -0.05) is 0 Å². The molecule has 4 N–H and O–H groups in total. The minimum absolute atomic E-state index is 0.0309. The number of carboxylic acid groups (broad SMARTS) is 1. The maximum atomic E-state index is 9.99. The molecule has 5 nitrogen and oxygen atoms in total. The van der Waals surface area contributed by atoms with Crippen molar-refractivity contribution in [2.45, 2.75) is 0 Å². The number of hydrogen-bond donors (Lipinski definition) is 3. The molecule has 0 aliphatic carbocycles. The van der Waals surface area contributed by atoms with Gasteiger partial charge in [0.2, 0.25) is 0 Å². The van der Waals surface area contributed by atoms with Crippen LogP contribution in [0, 0.1) is 0 Å². The summed E-state index contributed by atoms with van der Waals surface area (Å²) < 4.78 is 9.99. The average Bonchev–Trinajstić information content (AvgIpc) is 1.62. The van der Waals surface area contributed by atoms with Crippen LogP contribution < -0.4 is 5.73 Å². The Bertz CT molecular complexity index is 112. The Morgan fingerprint density at radius 1 is 1.70 bits per heavy atom. The van der Waals surface area contributed by atoms with Crippen molar-refractivity contribution >= 4 is 16.9 Å². The largest absolute Gasteiger partial charge is 0.465 e. The first-order valence-electron chi connectivity index (χ1n) is 2.40. The normalized spacial score (nSPS) is 11.0. The van der Waals surface area contributed by atoms with Crippen LogP contribution in [0.15, 0.2) is 0 Å². The zero-order valence-corrected chi connectivity index (χ0v) is 6.43. The van der Waals surface area contributed by atoms with Crippen LogP contribution in [-0.4, -0.2) is 39.1 Å². The molecule has 6 heteroatoms. The van der Waals surface area contributed by atoms with Gasteiger partial charge in [-0.3, -0.25) is 4.21 Å². The van der Waals surface area contributed by atoms with Gasteiger partial charge in [0.15, 0.2) is 0 Å². The molecule has 0 aromatic rings. The molecule has 0 heterocycles. The second kappa shape index (κ2) is 8.38. The average molecular weight is 169 g/mol. The highest BCUT2D eigenvalue weighted by Gasteiger charge is 1.82. The van der Waals surface area contributed by atoms with Crippen LogP contribution in [0.1, 0.15) is 0 Å². The summed E-state index contributed by atoms with van der Waals surface area (Å²) in [6, 6.07) is 0. The molecule has 0 aromatic heterocycles. The third kappa shape index (κ3) is 53.0. The second-order valence-electron chi connectivity index (χ2n) is 1.34. The molecule has 0 radical (unpaired) electrons. The van der Waals surface area contributed by atoms with E-state index in [0.29, 0.717) is 5.75 Å². The summed E-state index contributed by atoms with van der Waals surface area (Å²) in [7, 11) is -0.816. The molecule has 0 saturated carbocycles. The maximum absolute atomic E-state index is 9.99. The van der Waals surface area contributed by atoms with Gasteiger partial charge in [-0.05, 0) is 0 Å². The Morgan fingerprint density at radius 3 is 2.00 bits per heavy atom. The predicted molar refractivity (Wildman–Crippen MR) is 38.2 cm³/mol. The number of primary amides is 1. The topological polar surface area (TPSA) is 101 Å². The van der Waals surface area contributed by atoms with Gasteiger partial charge in [0.25, 0.3) is 0 Å². The van der Waals surface area contributed by atoms with Crippen LogP contribution in [0.5, 0.6) is 0 Å². The van der Waals surface area contributed by atoms with E-state index in [-0.39, 0.29) is 6.61 Å². The lowest BCUT2D eigenvalue weighted by atomic mass is 10.9. The number of hydrogen-bond acceptors (Lipinski definition) is 3. The third-order valence-electron chi connectivity index (χ3n) is 0.379. The summed E-state index contributed by atoms with van der Waals surface area (Å²) in [5.74, 6) is 0.403. The molecule has 0 aromatic carbocycles. The molecule has 0 fully saturated rings. The van der Waals surface area contributed by atoms with Crippen LogP contribution >= 0.6 is 0 Å². The quantitative estimate of drug-likeness (QED) is 0.492. The summed E-state index contributed by atoms with van der Waals surface area (Å²) in [4.78, 5) is 8.78. The SMILES string of the molecule is CS(=O)CCO.NC(=O)O. The first kappa shape index (κ1) is 12.1. The van der Waals surface area contributed by atoms with Crippen LogP contribution in [0.4, 0.5) is 4.79 Å². The fraction of sp³-hybridized carbons (Fsp3) is 0.750. The molecule has 0 spiro atoms. The summed E-state index contributed by atoms with van der Waals surface area (Å²) >= 11 is 0. The third-order valence-corrected chi connectivity index (χ3v) is 1.14. The zero-order valence-electron chi connectivity index (χ0n) is 5.61. The highest BCUT2D eigenvalue weighted by Crippen LogP contribution is 1.67. The van der Waals surface area contributed by atoms with Gasteiger partial charge in [-0.15, -0.1) is 0 Å². The number of nitrogens with two attached hydrogens (primary N) is 1. The number of rotatable bonds is 2. The Labute approximate surface area is 61.3 Å². The lowest BCUT2D eigenvalue weighted by Gasteiger charge is -1.82. The van der Waals surface area contributed by atoms with Gasteiger partial charge in [-0.25, -0.2) is 4.79 Å². The Morgan fingerprint density at radius 2 is 2.00 bits per heavy atom. The van der Waals surface area contributed by atoms with E-state index in [1.807, 2.05) is 0 Å². The lowest BCUT2D eigenvalue weighted by molar-refractivity contribution is 0.205. The van der Waals surface area contributed by atoms with Crippen molar-refractivity contribution in [2.75, 3.05) is 18.6 Å². The molecule has 0 bridgehead atoms. The molecule has 1 unspecified atom stereocenters. The number of aliphatic hydroxyl groups excluding tert-OH is 1. The van der Waals surface area contributed by atoms with E-state index in [9.17, 15) is 4.21 Å². The molecule has 1 atom stereocenters. The van der Waals surface area contributed by atoms with Crippen LogP contribution in [0.2, 0.25) is 0 Å². The number of aliphatic hydroxyl groups is 1. The fourth-order valence-electron chi connectivity index (χ4n) is 0.129. The van der Waals surface area contributed by atoms with E-state index < -0.39 is 16.9 Å². The summed E-state index contributed by atoms with van der Waals surface area (Å²) in [6.45, 7) is 0.0309. The Balaban J connectivity index is 0. The molecule has 0 saturated heterocycles. The standard InChI is InChI=1S/C3H8O2S.CH3NO2/c1-6(5)3-2-4;2-1(3)4/h4H,2-3H2,1H3;2H2,(H,3,4). The Kier molecular flexibility index (Phi) is 10.1. The number of amides is 1. The van der Waals surface area contributed by atoms with E-state index in [0.717, 1.165) is 0 Å². The van der Waals surface area contributed by atoms with Gasteiger partial charge in [-0.2, -0.15) is 0 Å². The van der Waals surface area contributed by atoms with Crippen molar-refractivity contribution in [3.05, 3.63) is 0 Å². The molecule has 0 aliphatic heterocycles. The monoisotopic (exact) mass is 169 g/mol. The van der Waals surface area contributed by atoms with E-state index in [1.165, 1.54) is 0 Å². The second-order valence-corrected chi connectivity index (χ2v) is 2.89. The molecule has 62 valence electrons. The molecule has 0 aliphatic rings. The summed E-state index contributed by atoms with van der Waals surface area (Å²) in [6.07, 6.45) is 0.232. The first-order chi connectivity index (χ1) is 4.50. The smallest absolute Gasteiger partial charge is 0.402 e. The van der Waals surface area contributed by atoms with Crippen LogP contribution in [0.3, 0.4) is 0 Å². The van der Waals surface area contributed by atoms with Gasteiger partial charge in [0.1, 0.15) is 0 Å². The highest BCUT2D eigenvalue weighted by atomic mass is 32.2. The molecular weight excluding hydrogens is 158 g/mol. The first-order valence-corrected chi connectivity index (χ1v) is 4.12. The maximum Gasteiger partial charge on any atom is 0.402 e. The van der Waals surface area contributed by atoms with E-state index >= 15 is 0 Å². The molecule has 1 amide bonds. The molecule has 10 heavy (non-hydrogen) atoms. The van der Waals surface area contributed by atoms with Crippen molar-refractivity contribution < 1.29 is 19.2 Å². The van der Waals surface area contributed by atoms with Crippen molar-refractivity contribution in [2.24, 2.45) is 5.73 Å². The van der Waals surface area contributed by atoms with Crippen LogP contribution in [-0.2, 0) is 10.8 Å². The minimum Gasteiger partial charge on any atom is -0.465 e. The minimum atomic E-state index is -1.33. The fourth-order valence-corrected chi connectivity index (χ4v) is 0.386. The van der Waals surface area contributed by atoms with Gasteiger partial charge < -0.3 is 15.9 Å². The summed E-state index contributed by atoms with van der Waals surface area (Å²) in [5.41, 5.74) is 4.03. The van der Waals surface area contributed by atoms with E-state index in [4.69, 9.17) is 15.0 Å². The lowest BCUT2D eigenvalue weighted by Crippen LogP contribution is -2.03. The molecule has 0 rings (SSSR count). The number of carbonyl (C=O) groups is 1. The van der Waals surface area contributed by atoms with Gasteiger partial charge >= 0.3 is 6.09 Å². The predicted octanol–water partition coefficient (Wildman–Crippen LogP) is -1.02. The highest BCUT2D eigenvalue weighted by molar-refractivity contribution is 7.84. The van der Waals surface area contributed by atoms with Gasteiger partial charge in [0, 0.05) is 22.8 Å². The van der Waals surface area contributed by atoms with Crippen molar-refractivity contribution in [3.8, 4) is 0 Å². The van der Waals surface area contributed by atoms with Gasteiger partial charge in [0.05, 0.1) is 6.61 Å². The zero-order chi connectivity index (χ0) is 8.57.